The standard InChI is InChI=1S/C24H23ClF2N4O2/c25-22-18(19(26)5-6-20(22)27)8-10-33-21-11-16(12-30-23(21)29)14-1-3-15(4-2-14)24(32)31-9-7-17(28)13-31/h1-6,11-12,17H,7-10,13,28H2,(H2,29,30). The van der Waals surface area contributed by atoms with Gasteiger partial charge in [0.25, 0.3) is 5.91 Å². The minimum Gasteiger partial charge on any atom is -0.489 e. The molecule has 2 aromatic carbocycles. The number of anilines is 1. The van der Waals surface area contributed by atoms with Crippen LogP contribution >= 0.6 is 11.6 Å². The molecular weight excluding hydrogens is 450 g/mol. The summed E-state index contributed by atoms with van der Waals surface area (Å²) in [6.45, 7) is 1.25. The second-order valence-corrected chi connectivity index (χ2v) is 8.28. The number of nitrogens with zero attached hydrogens (tertiary/aromatic N) is 2. The van der Waals surface area contributed by atoms with Crippen molar-refractivity contribution in [1.29, 1.82) is 0 Å². The maximum atomic E-state index is 14.0. The summed E-state index contributed by atoms with van der Waals surface area (Å²) in [5.41, 5.74) is 14.0. The number of ether oxygens (including phenoxy) is 1. The van der Waals surface area contributed by atoms with E-state index in [-0.39, 0.29) is 41.4 Å². The number of carbonyl (C=O) groups is 1. The third-order valence-corrected chi connectivity index (χ3v) is 6.02. The lowest BCUT2D eigenvalue weighted by Gasteiger charge is -2.16. The second-order valence-electron chi connectivity index (χ2n) is 7.90. The summed E-state index contributed by atoms with van der Waals surface area (Å²) < 4.78 is 33.2. The molecule has 0 radical (unpaired) electrons. The number of pyridine rings is 1. The van der Waals surface area contributed by atoms with Gasteiger partial charge in [0.05, 0.1) is 11.6 Å². The highest BCUT2D eigenvalue weighted by Crippen LogP contribution is 2.29. The van der Waals surface area contributed by atoms with Crippen molar-refractivity contribution in [3.8, 4) is 16.9 Å². The Labute approximate surface area is 195 Å². The van der Waals surface area contributed by atoms with Crippen molar-refractivity contribution in [2.45, 2.75) is 18.9 Å². The van der Waals surface area contributed by atoms with Crippen molar-refractivity contribution < 1.29 is 18.3 Å². The topological polar surface area (TPSA) is 94.5 Å². The van der Waals surface area contributed by atoms with Gasteiger partial charge in [-0.15, -0.1) is 0 Å². The molecule has 1 aliphatic rings. The molecule has 0 saturated carbocycles. The van der Waals surface area contributed by atoms with Crippen LogP contribution in [0.4, 0.5) is 14.6 Å². The third kappa shape index (κ3) is 5.07. The summed E-state index contributed by atoms with van der Waals surface area (Å²) in [4.78, 5) is 18.5. The van der Waals surface area contributed by atoms with Crippen molar-refractivity contribution in [2.24, 2.45) is 5.73 Å². The zero-order valence-electron chi connectivity index (χ0n) is 17.7. The summed E-state index contributed by atoms with van der Waals surface area (Å²) >= 11 is 5.86. The highest BCUT2D eigenvalue weighted by Gasteiger charge is 2.24. The molecule has 1 saturated heterocycles. The molecule has 4 N–H and O–H groups in total. The van der Waals surface area contributed by atoms with E-state index in [4.69, 9.17) is 27.8 Å². The van der Waals surface area contributed by atoms with Crippen LogP contribution in [0.1, 0.15) is 22.3 Å². The summed E-state index contributed by atoms with van der Waals surface area (Å²) in [5.74, 6) is -0.855. The number of amides is 1. The quantitative estimate of drug-likeness (QED) is 0.528. The monoisotopic (exact) mass is 472 g/mol. The predicted molar refractivity (Wildman–Crippen MR) is 123 cm³/mol. The number of hydrogen-bond donors (Lipinski definition) is 2. The molecule has 172 valence electrons. The number of likely N-dealkylation sites (tertiary alicyclic amines) is 1. The smallest absolute Gasteiger partial charge is 0.253 e. The van der Waals surface area contributed by atoms with Crippen LogP contribution in [0.5, 0.6) is 5.75 Å². The minimum absolute atomic E-state index is 0.0286. The average molecular weight is 473 g/mol. The van der Waals surface area contributed by atoms with Crippen molar-refractivity contribution in [1.82, 2.24) is 9.88 Å². The molecule has 1 aromatic heterocycles. The molecule has 2 heterocycles. The number of benzene rings is 2. The Morgan fingerprint density at radius 2 is 1.88 bits per heavy atom. The molecule has 0 aliphatic carbocycles. The Bertz CT molecular complexity index is 1170. The van der Waals surface area contributed by atoms with E-state index >= 15 is 0 Å². The van der Waals surface area contributed by atoms with Gasteiger partial charge in [-0.2, -0.15) is 0 Å². The Morgan fingerprint density at radius 3 is 2.58 bits per heavy atom. The maximum Gasteiger partial charge on any atom is 0.253 e. The minimum atomic E-state index is -0.689. The first kappa shape index (κ1) is 22.9. The van der Waals surface area contributed by atoms with Gasteiger partial charge in [0, 0.05) is 48.4 Å². The fourth-order valence-electron chi connectivity index (χ4n) is 3.75. The number of halogens is 3. The molecule has 0 bridgehead atoms. The Morgan fingerprint density at radius 1 is 1.15 bits per heavy atom. The van der Waals surface area contributed by atoms with Crippen molar-refractivity contribution in [3.63, 3.8) is 0 Å². The number of rotatable bonds is 6. The number of nitrogen functional groups attached to an aromatic ring is 1. The van der Waals surface area contributed by atoms with Crippen LogP contribution in [0.2, 0.25) is 5.02 Å². The van der Waals surface area contributed by atoms with Gasteiger partial charge >= 0.3 is 0 Å². The van der Waals surface area contributed by atoms with Gasteiger partial charge in [0.15, 0.2) is 11.6 Å². The lowest BCUT2D eigenvalue weighted by Crippen LogP contribution is -2.31. The summed E-state index contributed by atoms with van der Waals surface area (Å²) in [7, 11) is 0. The molecule has 0 spiro atoms. The first-order chi connectivity index (χ1) is 15.8. The molecule has 1 unspecified atom stereocenters. The number of aromatic nitrogens is 1. The number of hydrogen-bond acceptors (Lipinski definition) is 5. The Hall–Kier alpha value is -3.23. The van der Waals surface area contributed by atoms with Crippen LogP contribution in [0.3, 0.4) is 0 Å². The molecule has 1 aliphatic heterocycles. The van der Waals surface area contributed by atoms with Gasteiger partial charge in [-0.25, -0.2) is 13.8 Å². The van der Waals surface area contributed by atoms with Gasteiger partial charge in [0.1, 0.15) is 11.6 Å². The van der Waals surface area contributed by atoms with Crippen molar-refractivity contribution in [2.75, 3.05) is 25.4 Å². The van der Waals surface area contributed by atoms with Crippen molar-refractivity contribution >= 4 is 23.3 Å². The van der Waals surface area contributed by atoms with Gasteiger partial charge in [-0.05, 0) is 42.3 Å². The lowest BCUT2D eigenvalue weighted by molar-refractivity contribution is 0.0791. The normalized spacial score (nSPS) is 15.6. The van der Waals surface area contributed by atoms with E-state index < -0.39 is 11.6 Å². The van der Waals surface area contributed by atoms with Gasteiger partial charge in [-0.1, -0.05) is 23.7 Å². The zero-order valence-corrected chi connectivity index (χ0v) is 18.5. The Kier molecular flexibility index (Phi) is 6.76. The van der Waals surface area contributed by atoms with E-state index in [1.54, 1.807) is 29.3 Å². The van der Waals surface area contributed by atoms with Gasteiger partial charge < -0.3 is 21.1 Å². The zero-order chi connectivity index (χ0) is 23.5. The molecule has 6 nitrogen and oxygen atoms in total. The molecule has 33 heavy (non-hydrogen) atoms. The third-order valence-electron chi connectivity index (χ3n) is 5.61. The van der Waals surface area contributed by atoms with Crippen LogP contribution in [0, 0.1) is 11.6 Å². The lowest BCUT2D eigenvalue weighted by atomic mass is 10.0. The summed E-state index contributed by atoms with van der Waals surface area (Å²) in [6.07, 6.45) is 2.46. The maximum absolute atomic E-state index is 14.0. The first-order valence-corrected chi connectivity index (χ1v) is 10.9. The van der Waals surface area contributed by atoms with E-state index in [2.05, 4.69) is 4.98 Å². The fraction of sp³-hybridized carbons (Fsp3) is 0.250. The first-order valence-electron chi connectivity index (χ1n) is 10.5. The predicted octanol–water partition coefficient (Wildman–Crippen LogP) is 4.06. The highest BCUT2D eigenvalue weighted by molar-refractivity contribution is 6.31. The SMILES string of the molecule is Nc1ncc(-c2ccc(C(=O)N3CCC(N)C3)cc2)cc1OCCc1c(F)ccc(F)c1Cl. The number of nitrogens with two attached hydrogens (primary N) is 2. The van der Waals surface area contributed by atoms with Crippen LogP contribution in [0.15, 0.2) is 48.7 Å². The molecule has 3 aromatic rings. The highest BCUT2D eigenvalue weighted by atomic mass is 35.5. The van der Waals surface area contributed by atoms with E-state index in [1.807, 2.05) is 12.1 Å². The molecule has 4 rings (SSSR count). The second kappa shape index (κ2) is 9.72. The number of carbonyl (C=O) groups excluding carboxylic acids is 1. The van der Waals surface area contributed by atoms with Gasteiger partial charge in [0.2, 0.25) is 0 Å². The molecule has 1 fully saturated rings. The molecule has 1 atom stereocenters. The molecule has 1 amide bonds. The largest absolute Gasteiger partial charge is 0.489 e. The van der Waals surface area contributed by atoms with Crippen LogP contribution in [0.25, 0.3) is 11.1 Å². The Balaban J connectivity index is 1.45. The molecule has 9 heteroatoms. The van der Waals surface area contributed by atoms with Crippen LogP contribution in [-0.4, -0.2) is 41.5 Å². The van der Waals surface area contributed by atoms with Crippen LogP contribution < -0.4 is 16.2 Å². The summed E-state index contributed by atoms with van der Waals surface area (Å²) in [5, 5.41) is -0.260. The van der Waals surface area contributed by atoms with E-state index in [0.29, 0.717) is 24.4 Å². The fourth-order valence-corrected chi connectivity index (χ4v) is 4.00. The van der Waals surface area contributed by atoms with Crippen LogP contribution in [-0.2, 0) is 6.42 Å². The van der Waals surface area contributed by atoms with Gasteiger partial charge in [-0.3, -0.25) is 4.79 Å². The van der Waals surface area contributed by atoms with E-state index in [9.17, 15) is 13.6 Å². The van der Waals surface area contributed by atoms with E-state index in [1.165, 1.54) is 0 Å². The van der Waals surface area contributed by atoms with Crippen molar-refractivity contribution in [3.05, 3.63) is 76.4 Å². The van der Waals surface area contributed by atoms with E-state index in [0.717, 1.165) is 29.7 Å². The summed E-state index contributed by atoms with van der Waals surface area (Å²) in [6, 6.07) is 10.9. The average Bonchev–Trinajstić information content (AvgIpc) is 3.25. The molecular formula is C24H23ClF2N4O2.